The van der Waals surface area contributed by atoms with E-state index in [1.807, 2.05) is 0 Å². The second-order valence-corrected chi connectivity index (χ2v) is 3.79. The van der Waals surface area contributed by atoms with E-state index < -0.39 is 34.6 Å². The SMILES string of the molecule is O=[N+]([O-])C1=CC(Br)=CCC(C(F)(F)F)=C1F. The quantitative estimate of drug-likeness (QED) is 0.422. The van der Waals surface area contributed by atoms with Crippen molar-refractivity contribution in [2.24, 2.45) is 0 Å². The van der Waals surface area contributed by atoms with Crippen molar-refractivity contribution in [3.8, 4) is 0 Å². The maximum Gasteiger partial charge on any atom is 0.416 e. The van der Waals surface area contributed by atoms with Gasteiger partial charge in [-0.15, -0.1) is 0 Å². The van der Waals surface area contributed by atoms with Gasteiger partial charge >= 0.3 is 11.9 Å². The first kappa shape index (κ1) is 12.9. The minimum Gasteiger partial charge on any atom is -0.258 e. The highest BCUT2D eigenvalue weighted by Gasteiger charge is 2.40. The van der Waals surface area contributed by atoms with E-state index in [0.717, 1.165) is 6.08 Å². The van der Waals surface area contributed by atoms with Crippen LogP contribution in [0, 0.1) is 10.1 Å². The molecule has 0 saturated heterocycles. The van der Waals surface area contributed by atoms with E-state index in [1.54, 1.807) is 0 Å². The van der Waals surface area contributed by atoms with Crippen molar-refractivity contribution >= 4 is 15.9 Å². The lowest BCUT2D eigenvalue weighted by Crippen LogP contribution is -2.14. The van der Waals surface area contributed by atoms with Gasteiger partial charge in [0.1, 0.15) is 0 Å². The molecule has 0 aromatic rings. The Kier molecular flexibility index (Phi) is 3.51. The Morgan fingerprint density at radius 2 is 2.00 bits per heavy atom. The van der Waals surface area contributed by atoms with Crippen LogP contribution in [0.15, 0.2) is 33.7 Å². The van der Waals surface area contributed by atoms with Gasteiger partial charge in [0.25, 0.3) is 0 Å². The second kappa shape index (κ2) is 4.36. The van der Waals surface area contributed by atoms with Gasteiger partial charge in [0.2, 0.25) is 5.83 Å². The standard InChI is InChI=1S/C8H4BrF4NO2/c9-4-1-2-5(8(11,12)13)7(10)6(3-4)14(15)16/h1,3H,2H2. The first-order valence-corrected chi connectivity index (χ1v) is 4.70. The minimum atomic E-state index is -4.92. The normalized spacial score (nSPS) is 17.8. The molecular weight excluding hydrogens is 298 g/mol. The molecule has 0 N–H and O–H groups in total. The maximum atomic E-state index is 13.3. The van der Waals surface area contributed by atoms with Crippen LogP contribution in [-0.2, 0) is 0 Å². The van der Waals surface area contributed by atoms with Crippen molar-refractivity contribution in [3.63, 3.8) is 0 Å². The number of alkyl halides is 3. The van der Waals surface area contributed by atoms with Gasteiger partial charge in [-0.05, 0) is 6.42 Å². The predicted molar refractivity (Wildman–Crippen MR) is 50.9 cm³/mol. The topological polar surface area (TPSA) is 43.1 Å². The molecule has 0 spiro atoms. The molecule has 1 aliphatic carbocycles. The third-order valence-electron chi connectivity index (χ3n) is 1.80. The van der Waals surface area contributed by atoms with Crippen LogP contribution in [0.1, 0.15) is 6.42 Å². The molecule has 88 valence electrons. The Balaban J connectivity index is 3.35. The Morgan fingerprint density at radius 1 is 1.44 bits per heavy atom. The third kappa shape index (κ3) is 2.69. The van der Waals surface area contributed by atoms with Crippen LogP contribution in [0.5, 0.6) is 0 Å². The zero-order valence-electron chi connectivity index (χ0n) is 7.52. The van der Waals surface area contributed by atoms with Gasteiger partial charge in [0, 0.05) is 10.6 Å². The molecular formula is C8H4BrF4NO2. The number of rotatable bonds is 1. The molecule has 0 saturated carbocycles. The monoisotopic (exact) mass is 301 g/mol. The number of halogens is 5. The highest BCUT2D eigenvalue weighted by Crippen LogP contribution is 2.37. The molecule has 0 heterocycles. The summed E-state index contributed by atoms with van der Waals surface area (Å²) in [5.74, 6) is -1.84. The van der Waals surface area contributed by atoms with Gasteiger partial charge in [0.15, 0.2) is 0 Å². The summed E-state index contributed by atoms with van der Waals surface area (Å²) in [5, 5.41) is 10.4. The lowest BCUT2D eigenvalue weighted by Gasteiger charge is -2.09. The molecule has 8 heteroatoms. The van der Waals surface area contributed by atoms with Crippen LogP contribution in [0.25, 0.3) is 0 Å². The molecule has 0 fully saturated rings. The Bertz CT molecular complexity index is 422. The molecule has 0 atom stereocenters. The summed E-state index contributed by atoms with van der Waals surface area (Å²) < 4.78 is 50.4. The molecule has 0 aromatic carbocycles. The van der Waals surface area contributed by atoms with Crippen LogP contribution in [0.2, 0.25) is 0 Å². The van der Waals surface area contributed by atoms with Crippen molar-refractivity contribution in [3.05, 3.63) is 43.8 Å². The minimum absolute atomic E-state index is 0.0357. The lowest BCUT2D eigenvalue weighted by atomic mass is 10.1. The zero-order chi connectivity index (χ0) is 12.5. The van der Waals surface area contributed by atoms with Crippen molar-refractivity contribution in [2.45, 2.75) is 12.6 Å². The number of allylic oxidation sites excluding steroid dienone is 5. The molecule has 0 amide bonds. The summed E-state index contributed by atoms with van der Waals surface area (Å²) in [6.45, 7) is 0. The van der Waals surface area contributed by atoms with E-state index in [1.165, 1.54) is 0 Å². The summed E-state index contributed by atoms with van der Waals surface area (Å²) in [6.07, 6.45) is -3.95. The average molecular weight is 302 g/mol. The van der Waals surface area contributed by atoms with E-state index in [2.05, 4.69) is 15.9 Å². The molecule has 1 rings (SSSR count). The van der Waals surface area contributed by atoms with Gasteiger partial charge in [0.05, 0.1) is 10.5 Å². The van der Waals surface area contributed by atoms with E-state index in [0.29, 0.717) is 6.08 Å². The van der Waals surface area contributed by atoms with Crippen LogP contribution in [0.4, 0.5) is 17.6 Å². The third-order valence-corrected chi connectivity index (χ3v) is 2.36. The summed E-state index contributed by atoms with van der Waals surface area (Å²) in [7, 11) is 0. The van der Waals surface area contributed by atoms with Crippen LogP contribution < -0.4 is 0 Å². The fraction of sp³-hybridized carbons (Fsp3) is 0.250. The van der Waals surface area contributed by atoms with E-state index in [9.17, 15) is 27.7 Å². The fourth-order valence-corrected chi connectivity index (χ4v) is 1.45. The van der Waals surface area contributed by atoms with Crippen molar-refractivity contribution in [1.82, 2.24) is 0 Å². The summed E-state index contributed by atoms with van der Waals surface area (Å²) in [5.41, 5.74) is -2.75. The Hall–Kier alpha value is -1.18. The summed E-state index contributed by atoms with van der Waals surface area (Å²) in [6, 6.07) is 0. The molecule has 16 heavy (non-hydrogen) atoms. The molecule has 0 aliphatic heterocycles. The van der Waals surface area contributed by atoms with E-state index in [-0.39, 0.29) is 4.48 Å². The Morgan fingerprint density at radius 3 is 2.44 bits per heavy atom. The van der Waals surface area contributed by atoms with Crippen LogP contribution in [0.3, 0.4) is 0 Å². The lowest BCUT2D eigenvalue weighted by molar-refractivity contribution is -0.423. The summed E-state index contributed by atoms with van der Waals surface area (Å²) >= 11 is 2.79. The van der Waals surface area contributed by atoms with Gasteiger partial charge in [-0.3, -0.25) is 10.1 Å². The van der Waals surface area contributed by atoms with E-state index in [4.69, 9.17) is 0 Å². The first-order chi connectivity index (χ1) is 7.23. The maximum absolute atomic E-state index is 13.3. The second-order valence-electron chi connectivity index (χ2n) is 2.87. The smallest absolute Gasteiger partial charge is 0.258 e. The summed E-state index contributed by atoms with van der Waals surface area (Å²) in [4.78, 5) is 9.19. The van der Waals surface area contributed by atoms with Gasteiger partial charge in [-0.25, -0.2) is 0 Å². The molecule has 0 unspecified atom stereocenters. The first-order valence-electron chi connectivity index (χ1n) is 3.91. The average Bonchev–Trinajstić information content (AvgIpc) is 2.24. The largest absolute Gasteiger partial charge is 0.416 e. The Labute approximate surface area is 95.4 Å². The van der Waals surface area contributed by atoms with Crippen LogP contribution in [-0.4, -0.2) is 11.1 Å². The highest BCUT2D eigenvalue weighted by atomic mass is 79.9. The van der Waals surface area contributed by atoms with Crippen molar-refractivity contribution < 1.29 is 22.5 Å². The fourth-order valence-electron chi connectivity index (χ4n) is 1.07. The van der Waals surface area contributed by atoms with Crippen molar-refractivity contribution in [1.29, 1.82) is 0 Å². The predicted octanol–water partition coefficient (Wildman–Crippen LogP) is 3.62. The number of nitro groups is 1. The number of nitrogens with zero attached hydrogens (tertiary/aromatic N) is 1. The molecule has 1 aliphatic rings. The number of hydrogen-bond donors (Lipinski definition) is 0. The molecule has 0 bridgehead atoms. The zero-order valence-corrected chi connectivity index (χ0v) is 9.10. The molecule has 0 radical (unpaired) electrons. The van der Waals surface area contributed by atoms with Gasteiger partial charge in [-0.1, -0.05) is 22.0 Å². The molecule has 3 nitrogen and oxygen atoms in total. The van der Waals surface area contributed by atoms with Gasteiger partial charge in [-0.2, -0.15) is 17.6 Å². The number of hydrogen-bond acceptors (Lipinski definition) is 2. The van der Waals surface area contributed by atoms with Gasteiger partial charge < -0.3 is 0 Å². The highest BCUT2D eigenvalue weighted by molar-refractivity contribution is 9.11. The van der Waals surface area contributed by atoms with Crippen LogP contribution >= 0.6 is 15.9 Å². The molecule has 0 aromatic heterocycles. The van der Waals surface area contributed by atoms with E-state index >= 15 is 0 Å². The van der Waals surface area contributed by atoms with Crippen molar-refractivity contribution in [2.75, 3.05) is 0 Å².